The molecule has 1 aromatic carbocycles. The van der Waals surface area contributed by atoms with Gasteiger partial charge in [0.25, 0.3) is 0 Å². The minimum atomic E-state index is 0. The number of aliphatic imine (C=N–C) groups is 1. The number of pyridine rings is 1. The van der Waals surface area contributed by atoms with Crippen molar-refractivity contribution in [2.45, 2.75) is 13.5 Å². The van der Waals surface area contributed by atoms with Crippen LogP contribution in [0.2, 0.25) is 0 Å². The van der Waals surface area contributed by atoms with Gasteiger partial charge in [0.05, 0.1) is 27.0 Å². The summed E-state index contributed by atoms with van der Waals surface area (Å²) in [6.45, 7) is 8.63. The quantitative estimate of drug-likeness (QED) is 0.221. The zero-order valence-corrected chi connectivity index (χ0v) is 21.5. The fourth-order valence-electron chi connectivity index (χ4n) is 3.54. The molecule has 176 valence electrons. The fourth-order valence-corrected chi connectivity index (χ4v) is 3.54. The maximum absolute atomic E-state index is 5.70. The van der Waals surface area contributed by atoms with E-state index in [1.165, 1.54) is 0 Å². The molecule has 0 amide bonds. The topological polar surface area (TPSA) is 71.5 Å². The molecule has 32 heavy (non-hydrogen) atoms. The van der Waals surface area contributed by atoms with Gasteiger partial charge in [-0.15, -0.1) is 24.0 Å². The third-order valence-corrected chi connectivity index (χ3v) is 5.14. The third-order valence-electron chi connectivity index (χ3n) is 5.14. The Bertz CT molecular complexity index is 830. The number of nitrogens with one attached hydrogen (secondary N) is 1. The Balaban J connectivity index is 0.00000363. The molecule has 1 fully saturated rings. The van der Waals surface area contributed by atoms with E-state index in [4.69, 9.17) is 19.2 Å². The average Bonchev–Trinajstić information content (AvgIpc) is 2.82. The van der Waals surface area contributed by atoms with Crippen molar-refractivity contribution in [3.8, 4) is 17.2 Å². The highest BCUT2D eigenvalue weighted by molar-refractivity contribution is 14.0. The Morgan fingerprint density at radius 1 is 1.09 bits per heavy atom. The highest BCUT2D eigenvalue weighted by atomic mass is 127. The number of methoxy groups -OCH3 is 2. The highest BCUT2D eigenvalue weighted by Crippen LogP contribution is 2.25. The van der Waals surface area contributed by atoms with Crippen molar-refractivity contribution in [2.24, 2.45) is 4.99 Å². The molecule has 9 heteroatoms. The van der Waals surface area contributed by atoms with Crippen LogP contribution in [0.25, 0.3) is 0 Å². The van der Waals surface area contributed by atoms with Gasteiger partial charge in [0.1, 0.15) is 23.9 Å². The van der Waals surface area contributed by atoms with E-state index in [9.17, 15) is 0 Å². The van der Waals surface area contributed by atoms with Gasteiger partial charge < -0.3 is 24.4 Å². The Hall–Kier alpha value is -2.27. The first-order valence-corrected chi connectivity index (χ1v) is 10.7. The van der Waals surface area contributed by atoms with E-state index < -0.39 is 0 Å². The van der Waals surface area contributed by atoms with E-state index >= 15 is 0 Å². The first-order chi connectivity index (χ1) is 15.2. The molecule has 1 aliphatic rings. The molecule has 0 spiro atoms. The van der Waals surface area contributed by atoms with Crippen LogP contribution in [0, 0.1) is 0 Å². The number of halogens is 1. The molecule has 0 unspecified atom stereocenters. The second kappa shape index (κ2) is 14.0. The largest absolute Gasteiger partial charge is 0.497 e. The molecule has 2 aromatic rings. The normalized spacial score (nSPS) is 14.5. The summed E-state index contributed by atoms with van der Waals surface area (Å²) in [7, 11) is 3.40. The summed E-state index contributed by atoms with van der Waals surface area (Å²) in [5.74, 6) is 3.46. The van der Waals surface area contributed by atoms with Crippen LogP contribution in [0.1, 0.15) is 12.5 Å². The number of hydrogen-bond donors (Lipinski definition) is 1. The van der Waals surface area contributed by atoms with Crippen LogP contribution in [0.5, 0.6) is 17.2 Å². The molecular formula is C23H34IN5O3. The van der Waals surface area contributed by atoms with Crippen LogP contribution in [-0.2, 0) is 6.54 Å². The molecule has 0 aliphatic carbocycles. The molecule has 0 radical (unpaired) electrons. The minimum Gasteiger partial charge on any atom is -0.497 e. The number of ether oxygens (including phenoxy) is 3. The Labute approximate surface area is 208 Å². The monoisotopic (exact) mass is 555 g/mol. The maximum Gasteiger partial charge on any atom is 0.194 e. The van der Waals surface area contributed by atoms with Gasteiger partial charge in [-0.25, -0.2) is 4.99 Å². The van der Waals surface area contributed by atoms with Crippen molar-refractivity contribution in [2.75, 3.05) is 60.1 Å². The van der Waals surface area contributed by atoms with Crippen molar-refractivity contribution >= 4 is 29.9 Å². The predicted octanol–water partition coefficient (Wildman–Crippen LogP) is 2.88. The number of benzene rings is 1. The Morgan fingerprint density at radius 3 is 2.56 bits per heavy atom. The standard InChI is InChI=1S/C23H33N5O3.HI/c1-4-25-23(26-10-15-31-21-6-5-9-24-17-21)28-13-11-27(12-14-28)18-19-16-20(29-2)7-8-22(19)30-3;/h5-9,16-17H,4,10-15,18H2,1-3H3,(H,25,26);1H. The summed E-state index contributed by atoms with van der Waals surface area (Å²) < 4.78 is 16.6. The lowest BCUT2D eigenvalue weighted by Gasteiger charge is -2.36. The lowest BCUT2D eigenvalue weighted by Crippen LogP contribution is -2.52. The molecule has 0 atom stereocenters. The second-order valence-corrected chi connectivity index (χ2v) is 7.21. The molecule has 1 N–H and O–H groups in total. The summed E-state index contributed by atoms with van der Waals surface area (Å²) in [6.07, 6.45) is 3.45. The summed E-state index contributed by atoms with van der Waals surface area (Å²) in [5, 5.41) is 3.40. The number of piperazine rings is 1. The van der Waals surface area contributed by atoms with Crippen LogP contribution in [0.15, 0.2) is 47.7 Å². The molecule has 1 aliphatic heterocycles. The van der Waals surface area contributed by atoms with Gasteiger partial charge in [-0.05, 0) is 37.3 Å². The summed E-state index contributed by atoms with van der Waals surface area (Å²) in [6, 6.07) is 9.71. The van der Waals surface area contributed by atoms with Crippen LogP contribution in [-0.4, -0.2) is 80.8 Å². The molecule has 3 rings (SSSR count). The Kier molecular flexibility index (Phi) is 11.4. The average molecular weight is 555 g/mol. The van der Waals surface area contributed by atoms with Gasteiger partial charge >= 0.3 is 0 Å². The fraction of sp³-hybridized carbons (Fsp3) is 0.478. The van der Waals surface area contributed by atoms with E-state index in [0.717, 1.165) is 68.0 Å². The Morgan fingerprint density at radius 2 is 1.91 bits per heavy atom. The number of hydrogen-bond acceptors (Lipinski definition) is 6. The maximum atomic E-state index is 5.70. The zero-order chi connectivity index (χ0) is 21.9. The van der Waals surface area contributed by atoms with E-state index in [1.807, 2.05) is 24.3 Å². The molecule has 1 saturated heterocycles. The summed E-state index contributed by atoms with van der Waals surface area (Å²) in [4.78, 5) is 13.5. The molecule has 2 heterocycles. The van der Waals surface area contributed by atoms with Crippen LogP contribution >= 0.6 is 24.0 Å². The van der Waals surface area contributed by atoms with Crippen LogP contribution in [0.3, 0.4) is 0 Å². The van der Waals surface area contributed by atoms with Crippen molar-refractivity contribution < 1.29 is 14.2 Å². The molecule has 0 bridgehead atoms. The smallest absolute Gasteiger partial charge is 0.194 e. The third kappa shape index (κ3) is 7.70. The van der Waals surface area contributed by atoms with Gasteiger partial charge in [0, 0.05) is 51.0 Å². The summed E-state index contributed by atoms with van der Waals surface area (Å²) >= 11 is 0. The molecular weight excluding hydrogens is 521 g/mol. The van der Waals surface area contributed by atoms with Crippen LogP contribution in [0.4, 0.5) is 0 Å². The number of guanidine groups is 1. The van der Waals surface area contributed by atoms with Crippen molar-refractivity contribution in [3.63, 3.8) is 0 Å². The molecule has 8 nitrogen and oxygen atoms in total. The lowest BCUT2D eigenvalue weighted by molar-refractivity contribution is 0.170. The predicted molar refractivity (Wildman–Crippen MR) is 138 cm³/mol. The first kappa shape index (κ1) is 26.0. The molecule has 0 saturated carbocycles. The van der Waals surface area contributed by atoms with E-state index in [2.05, 4.69) is 33.1 Å². The van der Waals surface area contributed by atoms with E-state index in [-0.39, 0.29) is 24.0 Å². The molecule has 1 aromatic heterocycles. The van der Waals surface area contributed by atoms with E-state index in [0.29, 0.717) is 13.2 Å². The van der Waals surface area contributed by atoms with Gasteiger partial charge in [-0.2, -0.15) is 0 Å². The second-order valence-electron chi connectivity index (χ2n) is 7.21. The summed E-state index contributed by atoms with van der Waals surface area (Å²) in [5.41, 5.74) is 1.14. The van der Waals surface area contributed by atoms with E-state index in [1.54, 1.807) is 26.6 Å². The zero-order valence-electron chi connectivity index (χ0n) is 19.1. The number of rotatable bonds is 9. The first-order valence-electron chi connectivity index (χ1n) is 10.7. The van der Waals surface area contributed by atoms with Gasteiger partial charge in [0.15, 0.2) is 5.96 Å². The van der Waals surface area contributed by atoms with Crippen molar-refractivity contribution in [1.82, 2.24) is 20.1 Å². The van der Waals surface area contributed by atoms with Crippen molar-refractivity contribution in [3.05, 3.63) is 48.3 Å². The van der Waals surface area contributed by atoms with Gasteiger partial charge in [-0.3, -0.25) is 9.88 Å². The highest BCUT2D eigenvalue weighted by Gasteiger charge is 2.20. The van der Waals surface area contributed by atoms with Crippen LogP contribution < -0.4 is 19.5 Å². The SMILES string of the molecule is CCNC(=NCCOc1cccnc1)N1CCN(Cc2cc(OC)ccc2OC)CC1.I. The van der Waals surface area contributed by atoms with Gasteiger partial charge in [-0.1, -0.05) is 0 Å². The minimum absolute atomic E-state index is 0. The number of nitrogens with zero attached hydrogens (tertiary/aromatic N) is 4. The van der Waals surface area contributed by atoms with Gasteiger partial charge in [0.2, 0.25) is 0 Å². The lowest BCUT2D eigenvalue weighted by atomic mass is 10.1. The van der Waals surface area contributed by atoms with Crippen molar-refractivity contribution in [1.29, 1.82) is 0 Å². The number of aromatic nitrogens is 1.